The van der Waals surface area contributed by atoms with Crippen molar-refractivity contribution in [3.8, 4) is 11.1 Å². The third-order valence-corrected chi connectivity index (χ3v) is 6.19. The van der Waals surface area contributed by atoms with E-state index in [4.69, 9.17) is 28.9 Å². The fraction of sp³-hybridized carbons (Fsp3) is 0.0385. The topological polar surface area (TPSA) is 48.0 Å². The predicted octanol–water partition coefficient (Wildman–Crippen LogP) is 6.99. The highest BCUT2D eigenvalue weighted by Crippen LogP contribution is 2.37. The van der Waals surface area contributed by atoms with E-state index in [1.807, 2.05) is 16.7 Å². The van der Waals surface area contributed by atoms with E-state index in [0.717, 1.165) is 29.3 Å². The van der Waals surface area contributed by atoms with Gasteiger partial charge in [0.05, 0.1) is 17.6 Å². The Hall–Kier alpha value is -3.41. The van der Waals surface area contributed by atoms with Gasteiger partial charge in [-0.15, -0.1) is 0 Å². The number of hydrogen-bond donors (Lipinski definition) is 1. The number of rotatable bonds is 4. The van der Waals surface area contributed by atoms with Gasteiger partial charge in [0.15, 0.2) is 0 Å². The molecule has 0 bridgehead atoms. The number of carbonyl (C=O) groups is 1. The third kappa shape index (κ3) is 3.73. The normalized spacial score (nSPS) is 11.4. The number of hydrogen-bond acceptors (Lipinski definition) is 1. The zero-order chi connectivity index (χ0) is 23.3. The second-order valence-electron chi connectivity index (χ2n) is 7.66. The molecule has 0 saturated carbocycles. The van der Waals surface area contributed by atoms with Crippen LogP contribution in [0.4, 0.5) is 8.78 Å². The van der Waals surface area contributed by atoms with Crippen molar-refractivity contribution in [2.45, 2.75) is 6.54 Å². The molecule has 0 atom stereocenters. The number of primary amides is 1. The highest BCUT2D eigenvalue weighted by atomic mass is 35.5. The summed E-state index contributed by atoms with van der Waals surface area (Å²) in [6, 6.07) is 20.5. The van der Waals surface area contributed by atoms with Crippen molar-refractivity contribution in [1.29, 1.82) is 0 Å². The van der Waals surface area contributed by atoms with E-state index >= 15 is 0 Å². The summed E-state index contributed by atoms with van der Waals surface area (Å²) in [5, 5.41) is 2.22. The number of carbonyl (C=O) groups excluding carboxylic acids is 1. The largest absolute Gasteiger partial charge is 0.366 e. The molecular formula is C26H15Cl2F2N2O. The molecule has 0 aliphatic heterocycles. The van der Waals surface area contributed by atoms with Crippen molar-refractivity contribution >= 4 is 50.9 Å². The molecule has 5 rings (SSSR count). The van der Waals surface area contributed by atoms with Gasteiger partial charge in [-0.3, -0.25) is 4.79 Å². The minimum atomic E-state index is -0.588. The van der Waals surface area contributed by atoms with E-state index in [1.54, 1.807) is 36.4 Å². The summed E-state index contributed by atoms with van der Waals surface area (Å²) in [7, 11) is 0. The SMILES string of the molecule is NC(=O)c1cccc2c1c1[c]cc(-c3ccc(Cl)cc3Cl)cc1n2Cc1cc(F)ccc1F. The van der Waals surface area contributed by atoms with Crippen LogP contribution >= 0.6 is 23.2 Å². The molecule has 7 heteroatoms. The van der Waals surface area contributed by atoms with E-state index in [1.165, 1.54) is 0 Å². The molecule has 33 heavy (non-hydrogen) atoms. The fourth-order valence-corrected chi connectivity index (χ4v) is 4.66. The van der Waals surface area contributed by atoms with Crippen molar-refractivity contribution in [2.24, 2.45) is 5.73 Å². The Labute approximate surface area is 197 Å². The van der Waals surface area contributed by atoms with Gasteiger partial charge < -0.3 is 10.3 Å². The molecular weight excluding hydrogens is 465 g/mol. The molecule has 0 unspecified atom stereocenters. The van der Waals surface area contributed by atoms with Gasteiger partial charge >= 0.3 is 0 Å². The lowest BCUT2D eigenvalue weighted by atomic mass is 10.0. The molecule has 1 aromatic heterocycles. The zero-order valence-corrected chi connectivity index (χ0v) is 18.5. The molecule has 1 radical (unpaired) electrons. The average Bonchev–Trinajstić information content (AvgIpc) is 3.09. The van der Waals surface area contributed by atoms with E-state index in [-0.39, 0.29) is 12.1 Å². The Morgan fingerprint density at radius 1 is 1.00 bits per heavy atom. The lowest BCUT2D eigenvalue weighted by molar-refractivity contribution is 0.100. The van der Waals surface area contributed by atoms with Crippen LogP contribution in [0.1, 0.15) is 15.9 Å². The number of halogens is 4. The van der Waals surface area contributed by atoms with Crippen LogP contribution < -0.4 is 5.73 Å². The smallest absolute Gasteiger partial charge is 0.249 e. The van der Waals surface area contributed by atoms with Crippen LogP contribution in [-0.4, -0.2) is 10.5 Å². The van der Waals surface area contributed by atoms with E-state index in [9.17, 15) is 13.6 Å². The van der Waals surface area contributed by atoms with E-state index in [2.05, 4.69) is 6.07 Å². The molecule has 0 aliphatic carbocycles. The van der Waals surface area contributed by atoms with Gasteiger partial charge in [-0.1, -0.05) is 35.3 Å². The van der Waals surface area contributed by atoms with Crippen LogP contribution in [0, 0.1) is 17.7 Å². The molecule has 1 amide bonds. The summed E-state index contributed by atoms with van der Waals surface area (Å²) in [5.41, 5.74) is 8.95. The quantitative estimate of drug-likeness (QED) is 0.296. The van der Waals surface area contributed by atoms with Crippen molar-refractivity contribution in [3.05, 3.63) is 106 Å². The second-order valence-corrected chi connectivity index (χ2v) is 8.50. The van der Waals surface area contributed by atoms with E-state index < -0.39 is 17.5 Å². The van der Waals surface area contributed by atoms with Gasteiger partial charge in [-0.05, 0) is 66.2 Å². The summed E-state index contributed by atoms with van der Waals surface area (Å²) >= 11 is 12.4. The number of benzene rings is 4. The third-order valence-electron chi connectivity index (χ3n) is 5.64. The van der Waals surface area contributed by atoms with Gasteiger partial charge in [0.1, 0.15) is 11.6 Å². The Balaban J connectivity index is 1.82. The standard InChI is InChI=1S/C26H15Cl2F2N2O/c27-16-5-8-18(21(28)12-16)14-4-7-19-24(11-14)32(13-15-10-17(29)6-9-22(15)30)23-3-1-2-20(25(19)23)26(31)33/h1-6,8-12H,13H2,(H2,31,33). The first-order valence-electron chi connectivity index (χ1n) is 9.99. The predicted molar refractivity (Wildman–Crippen MR) is 128 cm³/mol. The summed E-state index contributed by atoms with van der Waals surface area (Å²) in [6.45, 7) is 0.0391. The summed E-state index contributed by atoms with van der Waals surface area (Å²) in [6.07, 6.45) is 0. The van der Waals surface area contributed by atoms with Crippen LogP contribution in [-0.2, 0) is 6.54 Å². The highest BCUT2D eigenvalue weighted by molar-refractivity contribution is 6.36. The molecule has 163 valence electrons. The van der Waals surface area contributed by atoms with Crippen molar-refractivity contribution < 1.29 is 13.6 Å². The fourth-order valence-electron chi connectivity index (χ4n) is 4.15. The second kappa shape index (κ2) is 8.18. The summed E-state index contributed by atoms with van der Waals surface area (Å²) in [5.74, 6) is -1.65. The highest BCUT2D eigenvalue weighted by Gasteiger charge is 2.19. The van der Waals surface area contributed by atoms with E-state index in [0.29, 0.717) is 37.4 Å². The first kappa shape index (κ1) is 21.4. The maximum atomic E-state index is 14.5. The molecule has 0 aliphatic rings. The lowest BCUT2D eigenvalue weighted by Crippen LogP contribution is -2.11. The Kier molecular flexibility index (Phi) is 5.31. The van der Waals surface area contributed by atoms with Crippen molar-refractivity contribution in [1.82, 2.24) is 4.57 Å². The maximum absolute atomic E-state index is 14.5. The number of amides is 1. The number of nitrogens with zero attached hydrogens (tertiary/aromatic N) is 1. The Morgan fingerprint density at radius 3 is 2.58 bits per heavy atom. The average molecular weight is 480 g/mol. The first-order valence-corrected chi connectivity index (χ1v) is 10.7. The van der Waals surface area contributed by atoms with Crippen LogP contribution in [0.3, 0.4) is 0 Å². The van der Waals surface area contributed by atoms with Crippen molar-refractivity contribution in [3.63, 3.8) is 0 Å². The Morgan fingerprint density at radius 2 is 1.82 bits per heavy atom. The zero-order valence-electron chi connectivity index (χ0n) is 17.0. The van der Waals surface area contributed by atoms with Gasteiger partial charge in [0.25, 0.3) is 0 Å². The molecule has 3 nitrogen and oxygen atoms in total. The van der Waals surface area contributed by atoms with Crippen LogP contribution in [0.15, 0.2) is 66.7 Å². The summed E-state index contributed by atoms with van der Waals surface area (Å²) in [4.78, 5) is 12.1. The van der Waals surface area contributed by atoms with Gasteiger partial charge in [-0.25, -0.2) is 8.78 Å². The molecule has 0 spiro atoms. The van der Waals surface area contributed by atoms with Crippen LogP contribution in [0.25, 0.3) is 32.9 Å². The van der Waals surface area contributed by atoms with Gasteiger partial charge in [0.2, 0.25) is 5.91 Å². The van der Waals surface area contributed by atoms with Crippen LogP contribution in [0.2, 0.25) is 10.0 Å². The monoisotopic (exact) mass is 479 g/mol. The molecule has 1 heterocycles. The molecule has 4 aromatic carbocycles. The first-order chi connectivity index (χ1) is 15.8. The molecule has 5 aromatic rings. The molecule has 0 saturated heterocycles. The maximum Gasteiger partial charge on any atom is 0.249 e. The minimum Gasteiger partial charge on any atom is -0.366 e. The molecule has 2 N–H and O–H groups in total. The van der Waals surface area contributed by atoms with Gasteiger partial charge in [-0.2, -0.15) is 0 Å². The number of fused-ring (bicyclic) bond motifs is 3. The number of aromatic nitrogens is 1. The summed E-state index contributed by atoms with van der Waals surface area (Å²) < 4.78 is 30.2. The van der Waals surface area contributed by atoms with Crippen LogP contribution in [0.5, 0.6) is 0 Å². The van der Waals surface area contributed by atoms with Gasteiger partial charge in [0, 0.05) is 37.5 Å². The van der Waals surface area contributed by atoms with Crippen molar-refractivity contribution in [2.75, 3.05) is 0 Å². The Bertz CT molecular complexity index is 1580. The minimum absolute atomic E-state index is 0.0391. The molecule has 0 fully saturated rings. The number of nitrogens with two attached hydrogens (primary N) is 1. The lowest BCUT2D eigenvalue weighted by Gasteiger charge is -2.11.